The van der Waals surface area contributed by atoms with Crippen LogP contribution in [0.2, 0.25) is 0 Å². The van der Waals surface area contributed by atoms with Crippen molar-refractivity contribution in [3.63, 3.8) is 0 Å². The van der Waals surface area contributed by atoms with Crippen molar-refractivity contribution in [2.75, 3.05) is 11.9 Å². The summed E-state index contributed by atoms with van der Waals surface area (Å²) in [7, 11) is 0. The molecule has 0 aliphatic heterocycles. The lowest BCUT2D eigenvalue weighted by molar-refractivity contribution is -0.384. The number of rotatable bonds is 7. The third-order valence-corrected chi connectivity index (χ3v) is 4.11. The van der Waals surface area contributed by atoms with Gasteiger partial charge in [0.1, 0.15) is 6.54 Å². The van der Waals surface area contributed by atoms with Crippen LogP contribution in [-0.2, 0) is 11.3 Å². The van der Waals surface area contributed by atoms with Gasteiger partial charge in [-0.1, -0.05) is 13.0 Å². The smallest absolute Gasteiger partial charge is 0.407 e. The molecule has 0 atom stereocenters. The third-order valence-electron chi connectivity index (χ3n) is 4.11. The molecule has 3 aromatic rings. The first-order valence-corrected chi connectivity index (χ1v) is 8.85. The number of oxazole rings is 1. The summed E-state index contributed by atoms with van der Waals surface area (Å²) in [6.07, 6.45) is 0.804. The lowest BCUT2D eigenvalue weighted by Crippen LogP contribution is -2.25. The molecule has 0 spiro atoms. The van der Waals surface area contributed by atoms with Gasteiger partial charge in [0.2, 0.25) is 5.91 Å². The molecule has 0 saturated heterocycles. The summed E-state index contributed by atoms with van der Waals surface area (Å²) < 4.78 is 6.07. The maximum Gasteiger partial charge on any atom is 0.420 e. The van der Waals surface area contributed by atoms with Crippen molar-refractivity contribution in [2.24, 2.45) is 0 Å². The Morgan fingerprint density at radius 1 is 1.21 bits per heavy atom. The normalized spacial score (nSPS) is 10.7. The SMILES string of the molecule is CCCNC(=O)c1cccc(NC(=O)Cn2c(=O)oc3cc([N+](=O)[O-])ccc32)c1. The van der Waals surface area contributed by atoms with Crippen LogP contribution >= 0.6 is 0 Å². The van der Waals surface area contributed by atoms with Crippen molar-refractivity contribution in [2.45, 2.75) is 19.9 Å². The molecule has 2 N–H and O–H groups in total. The van der Waals surface area contributed by atoms with E-state index >= 15 is 0 Å². The molecular formula is C19H18N4O6. The van der Waals surface area contributed by atoms with Crippen molar-refractivity contribution < 1.29 is 18.9 Å². The number of fused-ring (bicyclic) bond motifs is 1. The highest BCUT2D eigenvalue weighted by atomic mass is 16.6. The van der Waals surface area contributed by atoms with Gasteiger partial charge in [-0.3, -0.25) is 24.3 Å². The average molecular weight is 398 g/mol. The predicted molar refractivity (Wildman–Crippen MR) is 105 cm³/mol. The van der Waals surface area contributed by atoms with Gasteiger partial charge in [0, 0.05) is 23.9 Å². The van der Waals surface area contributed by atoms with E-state index in [0.717, 1.165) is 17.1 Å². The molecule has 0 unspecified atom stereocenters. The summed E-state index contributed by atoms with van der Waals surface area (Å²) in [6.45, 7) is 2.14. The van der Waals surface area contributed by atoms with Gasteiger partial charge in [0.25, 0.3) is 11.6 Å². The lowest BCUT2D eigenvalue weighted by atomic mass is 10.2. The minimum absolute atomic E-state index is 0.0200. The molecule has 2 aromatic carbocycles. The number of nitrogens with zero attached hydrogens (tertiary/aromatic N) is 2. The number of anilines is 1. The van der Waals surface area contributed by atoms with Crippen LogP contribution in [0.5, 0.6) is 0 Å². The Kier molecular flexibility index (Phi) is 5.72. The third kappa shape index (κ3) is 4.49. The van der Waals surface area contributed by atoms with Crippen LogP contribution in [0.15, 0.2) is 51.7 Å². The van der Waals surface area contributed by atoms with Gasteiger partial charge in [0.15, 0.2) is 5.58 Å². The van der Waals surface area contributed by atoms with Gasteiger partial charge >= 0.3 is 5.76 Å². The van der Waals surface area contributed by atoms with Crippen LogP contribution in [0.25, 0.3) is 11.1 Å². The fourth-order valence-corrected chi connectivity index (χ4v) is 2.74. The lowest BCUT2D eigenvalue weighted by Gasteiger charge is -2.08. The average Bonchev–Trinajstić information content (AvgIpc) is 3.00. The van der Waals surface area contributed by atoms with Gasteiger partial charge in [-0.15, -0.1) is 0 Å². The Bertz CT molecular complexity index is 1150. The Labute approximate surface area is 164 Å². The van der Waals surface area contributed by atoms with Crippen molar-refractivity contribution in [3.05, 3.63) is 68.7 Å². The van der Waals surface area contributed by atoms with Gasteiger partial charge in [-0.25, -0.2) is 4.79 Å². The Hall–Kier alpha value is -3.95. The van der Waals surface area contributed by atoms with Crippen molar-refractivity contribution >= 4 is 34.3 Å². The summed E-state index contributed by atoms with van der Waals surface area (Å²) >= 11 is 0. The summed E-state index contributed by atoms with van der Waals surface area (Å²) in [6, 6.07) is 10.1. The Morgan fingerprint density at radius 3 is 2.72 bits per heavy atom. The number of nitrogens with one attached hydrogen (secondary N) is 2. The molecular weight excluding hydrogens is 380 g/mol. The number of benzene rings is 2. The number of carbonyl (C=O) groups is 2. The number of carbonyl (C=O) groups excluding carboxylic acids is 2. The molecule has 0 radical (unpaired) electrons. The topological polar surface area (TPSA) is 136 Å². The van der Waals surface area contributed by atoms with Crippen LogP contribution < -0.4 is 16.4 Å². The van der Waals surface area contributed by atoms with E-state index in [2.05, 4.69) is 10.6 Å². The zero-order valence-electron chi connectivity index (χ0n) is 15.5. The monoisotopic (exact) mass is 398 g/mol. The minimum atomic E-state index is -0.802. The van der Waals surface area contributed by atoms with Gasteiger partial charge in [-0.2, -0.15) is 0 Å². The number of hydrogen-bond acceptors (Lipinski definition) is 6. The van der Waals surface area contributed by atoms with E-state index in [0.29, 0.717) is 17.8 Å². The molecule has 29 heavy (non-hydrogen) atoms. The van der Waals surface area contributed by atoms with E-state index in [1.807, 2.05) is 6.92 Å². The molecule has 1 heterocycles. The molecule has 0 aliphatic carbocycles. The van der Waals surface area contributed by atoms with Crippen LogP contribution in [0, 0.1) is 10.1 Å². The molecule has 0 saturated carbocycles. The quantitative estimate of drug-likeness (QED) is 0.463. The van der Waals surface area contributed by atoms with Crippen LogP contribution in [0.1, 0.15) is 23.7 Å². The van der Waals surface area contributed by atoms with Crippen LogP contribution in [0.4, 0.5) is 11.4 Å². The maximum atomic E-state index is 12.4. The number of amides is 2. The van der Waals surface area contributed by atoms with Crippen molar-refractivity contribution in [1.82, 2.24) is 9.88 Å². The molecule has 0 bridgehead atoms. The van der Waals surface area contributed by atoms with E-state index in [-0.39, 0.29) is 29.2 Å². The van der Waals surface area contributed by atoms with E-state index in [1.54, 1.807) is 18.2 Å². The summed E-state index contributed by atoms with van der Waals surface area (Å²) in [4.78, 5) is 46.7. The summed E-state index contributed by atoms with van der Waals surface area (Å²) in [5, 5.41) is 16.2. The van der Waals surface area contributed by atoms with Gasteiger partial charge in [-0.05, 0) is 30.7 Å². The highest BCUT2D eigenvalue weighted by molar-refractivity contribution is 5.97. The maximum absolute atomic E-state index is 12.4. The molecule has 3 rings (SSSR count). The fraction of sp³-hybridized carbons (Fsp3) is 0.211. The highest BCUT2D eigenvalue weighted by Crippen LogP contribution is 2.20. The second-order valence-corrected chi connectivity index (χ2v) is 6.25. The zero-order valence-corrected chi connectivity index (χ0v) is 15.5. The zero-order chi connectivity index (χ0) is 21.0. The summed E-state index contributed by atoms with van der Waals surface area (Å²) in [5.74, 6) is -1.57. The molecule has 150 valence electrons. The largest absolute Gasteiger partial charge is 0.420 e. The molecule has 0 aliphatic rings. The van der Waals surface area contributed by atoms with Gasteiger partial charge < -0.3 is 15.1 Å². The first-order chi connectivity index (χ1) is 13.9. The van der Waals surface area contributed by atoms with Gasteiger partial charge in [0.05, 0.1) is 16.5 Å². The number of hydrogen-bond donors (Lipinski definition) is 2. The number of aromatic nitrogens is 1. The van der Waals surface area contributed by atoms with E-state index in [1.165, 1.54) is 18.2 Å². The first-order valence-electron chi connectivity index (χ1n) is 8.85. The van der Waals surface area contributed by atoms with E-state index < -0.39 is 16.6 Å². The number of nitro benzene ring substituents is 1. The molecule has 10 nitrogen and oxygen atoms in total. The fourth-order valence-electron chi connectivity index (χ4n) is 2.74. The standard InChI is InChI=1S/C19H18N4O6/c1-2-8-20-18(25)12-4-3-5-13(9-12)21-17(24)11-22-15-7-6-14(23(27)28)10-16(15)29-19(22)26/h3-7,9-10H,2,8,11H2,1H3,(H,20,25)(H,21,24). The molecule has 1 aromatic heterocycles. The Balaban J connectivity index is 1.76. The van der Waals surface area contributed by atoms with Crippen molar-refractivity contribution in [3.8, 4) is 0 Å². The predicted octanol–water partition coefficient (Wildman–Crippen LogP) is 2.28. The molecule has 0 fully saturated rings. The summed E-state index contributed by atoms with van der Waals surface area (Å²) in [5.41, 5.74) is 0.862. The Morgan fingerprint density at radius 2 is 2.00 bits per heavy atom. The van der Waals surface area contributed by atoms with E-state index in [4.69, 9.17) is 4.42 Å². The molecule has 2 amide bonds. The highest BCUT2D eigenvalue weighted by Gasteiger charge is 2.16. The van der Waals surface area contributed by atoms with Crippen LogP contribution in [0.3, 0.4) is 0 Å². The minimum Gasteiger partial charge on any atom is -0.407 e. The number of nitro groups is 1. The van der Waals surface area contributed by atoms with E-state index in [9.17, 15) is 24.5 Å². The second-order valence-electron chi connectivity index (χ2n) is 6.25. The molecule has 10 heteroatoms. The second kappa shape index (κ2) is 8.38. The number of non-ortho nitro benzene ring substituents is 1. The first kappa shape index (κ1) is 19.8. The van der Waals surface area contributed by atoms with Crippen molar-refractivity contribution in [1.29, 1.82) is 0 Å². The van der Waals surface area contributed by atoms with Crippen LogP contribution in [-0.4, -0.2) is 27.8 Å².